The molecule has 2 aromatic carbocycles. The van der Waals surface area contributed by atoms with E-state index >= 15 is 0 Å². The van der Waals surface area contributed by atoms with Gasteiger partial charge in [0, 0.05) is 17.3 Å². The molecule has 3 rings (SSSR count). The van der Waals surface area contributed by atoms with Crippen molar-refractivity contribution < 1.29 is 9.13 Å². The summed E-state index contributed by atoms with van der Waals surface area (Å²) in [4.78, 5) is 0. The van der Waals surface area contributed by atoms with Gasteiger partial charge in [0.25, 0.3) is 0 Å². The van der Waals surface area contributed by atoms with Gasteiger partial charge in [-0.25, -0.2) is 4.39 Å². The number of hydrogen-bond donors (Lipinski definition) is 0. The highest BCUT2D eigenvalue weighted by atomic mass is 35.5. The van der Waals surface area contributed by atoms with Crippen LogP contribution in [0.2, 0.25) is 5.02 Å². The van der Waals surface area contributed by atoms with Gasteiger partial charge < -0.3 is 4.74 Å². The molecule has 0 aliphatic heterocycles. The molecule has 0 saturated carbocycles. The molecule has 1 heterocycles. The van der Waals surface area contributed by atoms with Crippen LogP contribution in [0.3, 0.4) is 0 Å². The lowest BCUT2D eigenvalue weighted by Crippen LogP contribution is -2.12. The summed E-state index contributed by atoms with van der Waals surface area (Å²) in [6.45, 7) is 8.24. The van der Waals surface area contributed by atoms with Crippen molar-refractivity contribution in [3.05, 3.63) is 82.9 Å². The molecule has 146 valence electrons. The van der Waals surface area contributed by atoms with E-state index < -0.39 is 0 Å². The summed E-state index contributed by atoms with van der Waals surface area (Å²) >= 11 is 7.58. The van der Waals surface area contributed by atoms with E-state index in [9.17, 15) is 4.39 Å². The number of benzene rings is 2. The normalized spacial score (nSPS) is 12.0. The van der Waals surface area contributed by atoms with Crippen molar-refractivity contribution in [2.24, 2.45) is 0 Å². The van der Waals surface area contributed by atoms with Crippen LogP contribution in [0, 0.1) is 12.7 Å². The number of rotatable bonds is 8. The van der Waals surface area contributed by atoms with Gasteiger partial charge in [-0.05, 0) is 55.3 Å². The van der Waals surface area contributed by atoms with Gasteiger partial charge in [-0.1, -0.05) is 41.6 Å². The van der Waals surface area contributed by atoms with Crippen molar-refractivity contribution in [2.45, 2.75) is 37.4 Å². The van der Waals surface area contributed by atoms with Crippen LogP contribution in [0.1, 0.15) is 30.0 Å². The summed E-state index contributed by atoms with van der Waals surface area (Å²) in [5.74, 6) is 1.77. The van der Waals surface area contributed by atoms with E-state index in [4.69, 9.17) is 16.3 Å². The van der Waals surface area contributed by atoms with E-state index in [-0.39, 0.29) is 11.9 Å². The molecule has 1 unspecified atom stereocenters. The minimum atomic E-state index is -0.309. The predicted molar refractivity (Wildman–Crippen MR) is 111 cm³/mol. The second kappa shape index (κ2) is 9.26. The third-order valence-corrected chi connectivity index (χ3v) is 5.58. The van der Waals surface area contributed by atoms with Crippen LogP contribution < -0.4 is 4.74 Å². The van der Waals surface area contributed by atoms with Gasteiger partial charge in [0.05, 0.1) is 0 Å². The van der Waals surface area contributed by atoms with E-state index in [0.717, 1.165) is 22.0 Å². The average molecular weight is 418 g/mol. The Hall–Kier alpha value is -2.31. The lowest BCUT2D eigenvalue weighted by atomic mass is 10.2. The smallest absolute Gasteiger partial charge is 0.191 e. The summed E-state index contributed by atoms with van der Waals surface area (Å²) in [5.41, 5.74) is 1.84. The maximum atomic E-state index is 13.4. The molecule has 3 aromatic rings. The third kappa shape index (κ3) is 4.94. The van der Waals surface area contributed by atoms with E-state index in [1.165, 1.54) is 23.9 Å². The largest absolute Gasteiger partial charge is 0.483 e. The molecule has 0 fully saturated rings. The predicted octanol–water partition coefficient (Wildman–Crippen LogP) is 6.00. The molecule has 0 radical (unpaired) electrons. The van der Waals surface area contributed by atoms with Crippen LogP contribution in [0.5, 0.6) is 5.75 Å². The van der Waals surface area contributed by atoms with Crippen molar-refractivity contribution in [3.8, 4) is 5.75 Å². The molecule has 0 N–H and O–H groups in total. The van der Waals surface area contributed by atoms with Gasteiger partial charge in [0.15, 0.2) is 17.1 Å². The molecule has 0 aliphatic carbocycles. The first-order valence-corrected chi connectivity index (χ1v) is 10.2. The maximum absolute atomic E-state index is 13.4. The number of aryl methyl sites for hydroxylation is 1. The molecule has 1 atom stereocenters. The molecule has 0 aliphatic rings. The summed E-state index contributed by atoms with van der Waals surface area (Å²) in [7, 11) is 0. The van der Waals surface area contributed by atoms with E-state index in [1.807, 2.05) is 42.7 Å². The maximum Gasteiger partial charge on any atom is 0.191 e. The summed E-state index contributed by atoms with van der Waals surface area (Å²) in [5, 5.41) is 10.1. The monoisotopic (exact) mass is 417 g/mol. The fourth-order valence-corrected chi connectivity index (χ4v) is 3.75. The van der Waals surface area contributed by atoms with Crippen LogP contribution in [-0.4, -0.2) is 14.8 Å². The Morgan fingerprint density at radius 3 is 2.82 bits per heavy atom. The van der Waals surface area contributed by atoms with Gasteiger partial charge in [-0.2, -0.15) is 0 Å². The van der Waals surface area contributed by atoms with Crippen molar-refractivity contribution in [1.82, 2.24) is 14.8 Å². The minimum Gasteiger partial charge on any atom is -0.483 e. The Labute approximate surface area is 173 Å². The van der Waals surface area contributed by atoms with Crippen LogP contribution >= 0.6 is 23.4 Å². The second-order valence-corrected chi connectivity index (χ2v) is 7.68. The van der Waals surface area contributed by atoms with Gasteiger partial charge >= 0.3 is 0 Å². The van der Waals surface area contributed by atoms with Gasteiger partial charge in [-0.3, -0.25) is 4.57 Å². The number of thioether (sulfide) groups is 1. The zero-order valence-corrected chi connectivity index (χ0v) is 17.3. The van der Waals surface area contributed by atoms with Crippen molar-refractivity contribution in [3.63, 3.8) is 0 Å². The summed E-state index contributed by atoms with van der Waals surface area (Å²) < 4.78 is 21.4. The van der Waals surface area contributed by atoms with Gasteiger partial charge in [-0.15, -0.1) is 16.8 Å². The molecule has 4 nitrogen and oxygen atoms in total. The van der Waals surface area contributed by atoms with Crippen LogP contribution in [0.25, 0.3) is 0 Å². The van der Waals surface area contributed by atoms with Crippen molar-refractivity contribution in [1.29, 1.82) is 0 Å². The lowest BCUT2D eigenvalue weighted by molar-refractivity contribution is 0.210. The first kappa shape index (κ1) is 20.4. The molecule has 0 amide bonds. The van der Waals surface area contributed by atoms with Crippen molar-refractivity contribution in [2.75, 3.05) is 0 Å². The standard InChI is InChI=1S/C21H21ClFN3OS/c1-4-10-26-20(15(3)27-18-8-9-19(22)14(2)11-18)24-25-21(26)28-13-16-6-5-7-17(23)12-16/h4-9,11-12,15H,1,10,13H2,2-3H3. The van der Waals surface area contributed by atoms with Gasteiger partial charge in [0.1, 0.15) is 11.6 Å². The van der Waals surface area contributed by atoms with Gasteiger partial charge in [0.2, 0.25) is 0 Å². The molecule has 0 spiro atoms. The fraction of sp³-hybridized carbons (Fsp3) is 0.238. The Morgan fingerprint density at radius 2 is 2.11 bits per heavy atom. The summed E-state index contributed by atoms with van der Waals surface area (Å²) in [6, 6.07) is 12.1. The quantitative estimate of drug-likeness (QED) is 0.333. The zero-order valence-electron chi connectivity index (χ0n) is 15.7. The molecule has 1 aromatic heterocycles. The van der Waals surface area contributed by atoms with E-state index in [2.05, 4.69) is 16.8 Å². The SMILES string of the molecule is C=CCn1c(SCc2cccc(F)c2)nnc1C(C)Oc1ccc(Cl)c(C)c1. The highest BCUT2D eigenvalue weighted by Crippen LogP contribution is 2.28. The average Bonchev–Trinajstić information content (AvgIpc) is 3.06. The highest BCUT2D eigenvalue weighted by molar-refractivity contribution is 7.98. The van der Waals surface area contributed by atoms with Crippen LogP contribution in [-0.2, 0) is 12.3 Å². The molecule has 0 bridgehead atoms. The minimum absolute atomic E-state index is 0.244. The fourth-order valence-electron chi connectivity index (χ4n) is 2.73. The number of allylic oxidation sites excluding steroid dienone is 1. The topological polar surface area (TPSA) is 39.9 Å². The lowest BCUT2D eigenvalue weighted by Gasteiger charge is -2.16. The Kier molecular flexibility index (Phi) is 6.75. The molecular weight excluding hydrogens is 397 g/mol. The molecule has 0 saturated heterocycles. The zero-order chi connectivity index (χ0) is 20.1. The number of nitrogens with zero attached hydrogens (tertiary/aromatic N) is 3. The number of aromatic nitrogens is 3. The second-order valence-electron chi connectivity index (χ2n) is 6.33. The molecule has 28 heavy (non-hydrogen) atoms. The van der Waals surface area contributed by atoms with Crippen LogP contribution in [0.15, 0.2) is 60.3 Å². The van der Waals surface area contributed by atoms with Crippen molar-refractivity contribution >= 4 is 23.4 Å². The first-order chi connectivity index (χ1) is 13.5. The van der Waals surface area contributed by atoms with E-state index in [0.29, 0.717) is 23.1 Å². The Balaban J connectivity index is 1.77. The molecular formula is C21H21ClFN3OS. The first-order valence-electron chi connectivity index (χ1n) is 8.82. The number of hydrogen-bond acceptors (Lipinski definition) is 4. The van der Waals surface area contributed by atoms with Crippen LogP contribution in [0.4, 0.5) is 4.39 Å². The third-order valence-electron chi connectivity index (χ3n) is 4.12. The Bertz CT molecular complexity index is 976. The number of ether oxygens (including phenoxy) is 1. The summed E-state index contributed by atoms with van der Waals surface area (Å²) in [6.07, 6.45) is 1.48. The number of halogens is 2. The molecule has 7 heteroatoms. The Morgan fingerprint density at radius 1 is 1.29 bits per heavy atom. The highest BCUT2D eigenvalue weighted by Gasteiger charge is 2.19. The van der Waals surface area contributed by atoms with E-state index in [1.54, 1.807) is 12.1 Å².